The second-order valence-electron chi connectivity index (χ2n) is 14.1. The largest absolute Gasteiger partial charge is 2.00 e. The summed E-state index contributed by atoms with van der Waals surface area (Å²) in [6.07, 6.45) is 40.3. The van der Waals surface area contributed by atoms with E-state index in [0.717, 1.165) is 52.1 Å². The minimum atomic E-state index is 0. The fourth-order valence-electron chi connectivity index (χ4n) is 5.79. The quantitative estimate of drug-likeness (QED) is 0.0275. The van der Waals surface area contributed by atoms with Crippen molar-refractivity contribution in [3.05, 3.63) is 13.8 Å². The van der Waals surface area contributed by atoms with Gasteiger partial charge in [0.1, 0.15) is 0 Å². The fraction of sp³-hybridized carbons (Fsp3) is 0.955. The molecule has 0 spiro atoms. The van der Waals surface area contributed by atoms with Crippen LogP contribution in [0, 0.1) is 13.8 Å². The zero-order chi connectivity index (χ0) is 35.4. The second-order valence-corrected chi connectivity index (χ2v) is 14.1. The summed E-state index contributed by atoms with van der Waals surface area (Å²) >= 11 is 0. The molecule has 0 saturated heterocycles. The first kappa shape index (κ1) is 54.0. The summed E-state index contributed by atoms with van der Waals surface area (Å²) in [6.45, 7) is 20.3. The van der Waals surface area contributed by atoms with E-state index in [4.69, 9.17) is 18.9 Å². The number of hydrogen-bond acceptors (Lipinski definition) is 4. The molecule has 0 aliphatic carbocycles. The van der Waals surface area contributed by atoms with E-state index in [1.54, 1.807) is 0 Å². The zero-order valence-corrected chi connectivity index (χ0v) is 35.8. The van der Waals surface area contributed by atoms with E-state index in [9.17, 15) is 0 Å². The summed E-state index contributed by atoms with van der Waals surface area (Å²) in [4.78, 5) is 0. The van der Waals surface area contributed by atoms with Gasteiger partial charge in [0.2, 0.25) is 0 Å². The van der Waals surface area contributed by atoms with Crippen LogP contribution in [0.4, 0.5) is 0 Å². The van der Waals surface area contributed by atoms with Gasteiger partial charge in [-0.3, -0.25) is 0 Å². The van der Waals surface area contributed by atoms with Crippen molar-refractivity contribution in [2.45, 2.75) is 246 Å². The van der Waals surface area contributed by atoms with Crippen molar-refractivity contribution in [1.82, 2.24) is 0 Å². The van der Waals surface area contributed by atoms with Crippen LogP contribution in [0.5, 0.6) is 0 Å². The molecule has 0 amide bonds. The first-order valence-electron chi connectivity index (χ1n) is 21.7. The molecule has 0 atom stereocenters. The predicted molar refractivity (Wildman–Crippen MR) is 218 cm³/mol. The Morgan fingerprint density at radius 3 is 0.755 bits per heavy atom. The SMILES string of the molecule is [CH2-]CCCCC(OCCCCCCCC)OCCCCCCCC.[CH2-]CCCCC(OCCCCCCCC)OCCCCCCCC.[Mg+2]. The number of hydrogen-bond donors (Lipinski definition) is 0. The molecule has 4 nitrogen and oxygen atoms in total. The molecule has 0 fully saturated rings. The molecule has 0 N–H and O–H groups in total. The van der Waals surface area contributed by atoms with Crippen molar-refractivity contribution in [3.8, 4) is 0 Å². The van der Waals surface area contributed by atoms with E-state index < -0.39 is 0 Å². The van der Waals surface area contributed by atoms with E-state index in [0.29, 0.717) is 0 Å². The van der Waals surface area contributed by atoms with Gasteiger partial charge in [0.05, 0.1) is 0 Å². The molecular formula is C44H90MgO4. The van der Waals surface area contributed by atoms with Crippen LogP contribution in [-0.4, -0.2) is 62.1 Å². The molecule has 0 aromatic rings. The van der Waals surface area contributed by atoms with Gasteiger partial charge in [-0.25, -0.2) is 0 Å². The van der Waals surface area contributed by atoms with Gasteiger partial charge in [-0.2, -0.15) is 12.8 Å². The summed E-state index contributed by atoms with van der Waals surface area (Å²) in [6, 6.07) is 0. The van der Waals surface area contributed by atoms with Crippen LogP contribution in [0.2, 0.25) is 0 Å². The fourth-order valence-corrected chi connectivity index (χ4v) is 5.79. The number of unbranched alkanes of at least 4 members (excludes halogenated alkanes) is 24. The van der Waals surface area contributed by atoms with Crippen LogP contribution in [-0.2, 0) is 18.9 Å². The average Bonchev–Trinajstić information content (AvgIpc) is 3.10. The molecule has 0 unspecified atom stereocenters. The molecule has 0 aliphatic rings. The summed E-state index contributed by atoms with van der Waals surface area (Å²) in [5.41, 5.74) is 0. The van der Waals surface area contributed by atoms with E-state index in [1.807, 2.05) is 0 Å². The maximum Gasteiger partial charge on any atom is 2.00 e. The van der Waals surface area contributed by atoms with Gasteiger partial charge in [0.15, 0.2) is 12.6 Å². The maximum atomic E-state index is 6.00. The van der Waals surface area contributed by atoms with Crippen molar-refractivity contribution in [3.63, 3.8) is 0 Å². The zero-order valence-electron chi connectivity index (χ0n) is 34.4. The molecule has 0 heterocycles. The summed E-state index contributed by atoms with van der Waals surface area (Å²) in [7, 11) is 0. The van der Waals surface area contributed by atoms with E-state index in [2.05, 4.69) is 41.5 Å². The molecular weight excluding hydrogens is 617 g/mol. The third-order valence-electron chi connectivity index (χ3n) is 9.09. The van der Waals surface area contributed by atoms with Gasteiger partial charge in [-0.1, -0.05) is 182 Å². The second kappa shape index (κ2) is 50.7. The minimum absolute atomic E-state index is 0. The first-order chi connectivity index (χ1) is 23.7. The predicted octanol–water partition coefficient (Wildman–Crippen LogP) is 14.5. The molecule has 0 rings (SSSR count). The Morgan fingerprint density at radius 1 is 0.306 bits per heavy atom. The summed E-state index contributed by atoms with van der Waals surface area (Å²) in [5, 5.41) is 0. The smallest absolute Gasteiger partial charge is 0.353 e. The Hall–Kier alpha value is 0.606. The number of ether oxygens (including phenoxy) is 4. The maximum absolute atomic E-state index is 6.00. The number of rotatable bonds is 40. The molecule has 0 saturated carbocycles. The molecule has 0 aliphatic heterocycles. The molecule has 49 heavy (non-hydrogen) atoms. The van der Waals surface area contributed by atoms with Crippen LogP contribution in [0.1, 0.15) is 233 Å². The molecule has 0 aromatic carbocycles. The van der Waals surface area contributed by atoms with Crippen molar-refractivity contribution in [2.24, 2.45) is 0 Å². The minimum Gasteiger partial charge on any atom is -0.353 e. The molecule has 5 heteroatoms. The monoisotopic (exact) mass is 707 g/mol. The average molecular weight is 708 g/mol. The Balaban J connectivity index is -0.000000846. The Kier molecular flexibility index (Phi) is 55.8. The van der Waals surface area contributed by atoms with E-state index >= 15 is 0 Å². The third-order valence-corrected chi connectivity index (χ3v) is 9.09. The van der Waals surface area contributed by atoms with Crippen molar-refractivity contribution in [2.75, 3.05) is 26.4 Å². The van der Waals surface area contributed by atoms with Crippen molar-refractivity contribution in [1.29, 1.82) is 0 Å². The molecule has 0 bridgehead atoms. The van der Waals surface area contributed by atoms with Gasteiger partial charge in [-0.15, -0.1) is 0 Å². The van der Waals surface area contributed by atoms with Crippen LogP contribution in [0.3, 0.4) is 0 Å². The van der Waals surface area contributed by atoms with Gasteiger partial charge in [0, 0.05) is 26.4 Å². The topological polar surface area (TPSA) is 36.9 Å². The third kappa shape index (κ3) is 48.6. The molecule has 0 radical (unpaired) electrons. The summed E-state index contributed by atoms with van der Waals surface area (Å²) < 4.78 is 24.0. The van der Waals surface area contributed by atoms with Crippen LogP contribution < -0.4 is 0 Å². The standard InChI is InChI=1S/2C22H45O2.Mg/c2*1-4-7-10-12-14-17-20-23-22(19-16-9-6-3)24-21-18-15-13-11-8-5-2;/h2*22H,3-21H2,1-2H3;/q2*-1;+2. The Labute approximate surface area is 326 Å². The van der Waals surface area contributed by atoms with E-state index in [1.165, 1.54) is 180 Å². The summed E-state index contributed by atoms with van der Waals surface area (Å²) in [5.74, 6) is 0. The van der Waals surface area contributed by atoms with Crippen LogP contribution in [0.15, 0.2) is 0 Å². The van der Waals surface area contributed by atoms with Crippen LogP contribution >= 0.6 is 0 Å². The van der Waals surface area contributed by atoms with Crippen LogP contribution in [0.25, 0.3) is 0 Å². The van der Waals surface area contributed by atoms with Crippen molar-refractivity contribution >= 4 is 23.1 Å². The van der Waals surface area contributed by atoms with Gasteiger partial charge in [-0.05, 0) is 38.5 Å². The molecule has 0 aromatic heterocycles. The van der Waals surface area contributed by atoms with E-state index in [-0.39, 0.29) is 35.6 Å². The van der Waals surface area contributed by atoms with Gasteiger partial charge < -0.3 is 32.8 Å². The Bertz CT molecular complexity index is 453. The Morgan fingerprint density at radius 2 is 0.531 bits per heavy atom. The first-order valence-corrected chi connectivity index (χ1v) is 21.7. The molecule has 292 valence electrons. The van der Waals surface area contributed by atoms with Crippen molar-refractivity contribution < 1.29 is 18.9 Å². The van der Waals surface area contributed by atoms with Gasteiger partial charge >= 0.3 is 23.1 Å². The van der Waals surface area contributed by atoms with Gasteiger partial charge in [0.25, 0.3) is 0 Å². The normalized spacial score (nSPS) is 11.3.